The number of rotatable bonds is 5. The van der Waals surface area contributed by atoms with Gasteiger partial charge in [0.05, 0.1) is 10.7 Å². The zero-order chi connectivity index (χ0) is 19.3. The zero-order valence-corrected chi connectivity index (χ0v) is 15.9. The number of hydrogen-bond acceptors (Lipinski definition) is 4. The summed E-state index contributed by atoms with van der Waals surface area (Å²) < 4.78 is 0. The molecule has 0 saturated carbocycles. The molecular weight excluding hydrogens is 352 g/mol. The van der Waals surface area contributed by atoms with Crippen molar-refractivity contribution in [1.29, 1.82) is 0 Å². The maximum Gasteiger partial charge on any atom is 0.314 e. The zero-order valence-electron chi connectivity index (χ0n) is 15.1. The lowest BCUT2D eigenvalue weighted by Gasteiger charge is -2.22. The van der Waals surface area contributed by atoms with Gasteiger partial charge in [0.1, 0.15) is 0 Å². The van der Waals surface area contributed by atoms with E-state index in [-0.39, 0.29) is 0 Å². The van der Waals surface area contributed by atoms with Crippen LogP contribution in [0.15, 0.2) is 36.4 Å². The summed E-state index contributed by atoms with van der Waals surface area (Å²) >= 11 is 5.91. The summed E-state index contributed by atoms with van der Waals surface area (Å²) in [5.74, 6) is -1.53. The average Bonchev–Trinajstić information content (AvgIpc) is 2.61. The molecule has 2 aromatic carbocycles. The summed E-state index contributed by atoms with van der Waals surface area (Å²) in [5.41, 5.74) is 8.98. The fourth-order valence-corrected chi connectivity index (χ4v) is 2.73. The van der Waals surface area contributed by atoms with Gasteiger partial charge in [0, 0.05) is 30.2 Å². The van der Waals surface area contributed by atoms with E-state index in [0.29, 0.717) is 22.1 Å². The number of amides is 2. The number of nitrogen functional groups attached to an aromatic ring is 1. The van der Waals surface area contributed by atoms with Crippen LogP contribution < -0.4 is 21.3 Å². The van der Waals surface area contributed by atoms with Crippen molar-refractivity contribution in [3.8, 4) is 0 Å². The minimum atomic E-state index is -0.780. The largest absolute Gasteiger partial charge is 0.398 e. The fraction of sp³-hybridized carbons (Fsp3) is 0.263. The normalized spacial score (nSPS) is 10.3. The Bertz CT molecular complexity index is 819. The van der Waals surface area contributed by atoms with Crippen molar-refractivity contribution in [2.75, 3.05) is 34.4 Å². The lowest BCUT2D eigenvalue weighted by Crippen LogP contribution is -2.29. The Morgan fingerprint density at radius 1 is 1.04 bits per heavy atom. The summed E-state index contributed by atoms with van der Waals surface area (Å²) in [6, 6.07) is 10.3. The maximum absolute atomic E-state index is 12.2. The third kappa shape index (κ3) is 4.67. The van der Waals surface area contributed by atoms with E-state index in [9.17, 15) is 9.59 Å². The molecule has 2 amide bonds. The molecule has 2 rings (SSSR count). The SMILES string of the molecule is CCN(CC)c1ccc(NC(=O)C(=O)Nc2ccc(N)c(Cl)c2)c(C)c1. The van der Waals surface area contributed by atoms with Crippen molar-refractivity contribution in [2.45, 2.75) is 20.8 Å². The van der Waals surface area contributed by atoms with Gasteiger partial charge in [-0.2, -0.15) is 0 Å². The van der Waals surface area contributed by atoms with Crippen molar-refractivity contribution in [2.24, 2.45) is 0 Å². The summed E-state index contributed by atoms with van der Waals surface area (Å²) in [7, 11) is 0. The summed E-state index contributed by atoms with van der Waals surface area (Å²) in [4.78, 5) is 26.5. The first-order valence-corrected chi connectivity index (χ1v) is 8.76. The quantitative estimate of drug-likeness (QED) is 0.550. The second-order valence-electron chi connectivity index (χ2n) is 5.82. The highest BCUT2D eigenvalue weighted by Crippen LogP contribution is 2.24. The Hall–Kier alpha value is -2.73. The van der Waals surface area contributed by atoms with E-state index in [1.807, 2.05) is 19.1 Å². The number of benzene rings is 2. The van der Waals surface area contributed by atoms with Crippen LogP contribution in [-0.4, -0.2) is 24.9 Å². The van der Waals surface area contributed by atoms with Crippen molar-refractivity contribution in [1.82, 2.24) is 0 Å². The molecule has 6 nitrogen and oxygen atoms in total. The van der Waals surface area contributed by atoms with Crippen molar-refractivity contribution < 1.29 is 9.59 Å². The van der Waals surface area contributed by atoms with E-state index in [2.05, 4.69) is 29.4 Å². The Kier molecular flexibility index (Phi) is 6.46. The number of carbonyl (C=O) groups is 2. The Morgan fingerprint density at radius 3 is 2.27 bits per heavy atom. The van der Waals surface area contributed by atoms with E-state index in [4.69, 9.17) is 17.3 Å². The highest BCUT2D eigenvalue weighted by Gasteiger charge is 2.16. The number of anilines is 4. The van der Waals surface area contributed by atoms with E-state index in [1.54, 1.807) is 18.2 Å². The maximum atomic E-state index is 12.2. The van der Waals surface area contributed by atoms with Crippen LogP contribution in [0, 0.1) is 6.92 Å². The molecule has 0 spiro atoms. The molecular formula is C19H23ClN4O2. The predicted octanol–water partition coefficient (Wildman–Crippen LogP) is 3.65. The number of halogens is 1. The van der Waals surface area contributed by atoms with Gasteiger partial charge in [0.25, 0.3) is 0 Å². The number of aryl methyl sites for hydroxylation is 1. The van der Waals surface area contributed by atoms with Gasteiger partial charge < -0.3 is 21.3 Å². The van der Waals surface area contributed by atoms with Gasteiger partial charge in [-0.15, -0.1) is 0 Å². The molecule has 0 aromatic heterocycles. The van der Waals surface area contributed by atoms with Crippen LogP contribution in [0.25, 0.3) is 0 Å². The van der Waals surface area contributed by atoms with Crippen molar-refractivity contribution in [3.63, 3.8) is 0 Å². The van der Waals surface area contributed by atoms with E-state index < -0.39 is 11.8 Å². The average molecular weight is 375 g/mol. The van der Waals surface area contributed by atoms with Gasteiger partial charge >= 0.3 is 11.8 Å². The first kappa shape index (κ1) is 19.6. The van der Waals surface area contributed by atoms with Gasteiger partial charge in [0.15, 0.2) is 0 Å². The third-order valence-corrected chi connectivity index (χ3v) is 4.38. The first-order valence-electron chi connectivity index (χ1n) is 8.38. The summed E-state index contributed by atoms with van der Waals surface area (Å²) in [6.45, 7) is 7.85. The standard InChI is InChI=1S/C19H23ClN4O2/c1-4-24(5-2)14-7-9-17(12(3)10-14)23-19(26)18(25)22-13-6-8-16(21)15(20)11-13/h6-11H,4-5,21H2,1-3H3,(H,22,25)(H,23,26). The molecule has 0 radical (unpaired) electrons. The number of hydrogen-bond donors (Lipinski definition) is 3. The molecule has 7 heteroatoms. The highest BCUT2D eigenvalue weighted by atomic mass is 35.5. The second kappa shape index (κ2) is 8.58. The number of nitrogens with two attached hydrogens (primary N) is 1. The minimum Gasteiger partial charge on any atom is -0.398 e. The van der Waals surface area contributed by atoms with Crippen LogP contribution in [-0.2, 0) is 9.59 Å². The van der Waals surface area contributed by atoms with Crippen LogP contribution in [0.4, 0.5) is 22.7 Å². The van der Waals surface area contributed by atoms with Crippen LogP contribution in [0.3, 0.4) is 0 Å². The van der Waals surface area contributed by atoms with Crippen LogP contribution in [0.2, 0.25) is 5.02 Å². The number of nitrogens with zero attached hydrogens (tertiary/aromatic N) is 1. The van der Waals surface area contributed by atoms with Gasteiger partial charge in [-0.25, -0.2) is 0 Å². The highest BCUT2D eigenvalue weighted by molar-refractivity contribution is 6.44. The molecule has 0 saturated heterocycles. The van der Waals surface area contributed by atoms with E-state index >= 15 is 0 Å². The van der Waals surface area contributed by atoms with E-state index in [0.717, 1.165) is 24.3 Å². The topological polar surface area (TPSA) is 87.5 Å². The first-order chi connectivity index (χ1) is 12.3. The molecule has 0 fully saturated rings. The molecule has 0 atom stereocenters. The monoisotopic (exact) mass is 374 g/mol. The molecule has 26 heavy (non-hydrogen) atoms. The van der Waals surface area contributed by atoms with Gasteiger partial charge in [-0.05, 0) is 62.7 Å². The molecule has 2 aromatic rings. The Balaban J connectivity index is 2.06. The third-order valence-electron chi connectivity index (χ3n) is 4.05. The molecule has 0 aliphatic carbocycles. The van der Waals surface area contributed by atoms with Crippen LogP contribution >= 0.6 is 11.6 Å². The molecule has 138 valence electrons. The lowest BCUT2D eigenvalue weighted by atomic mass is 10.1. The van der Waals surface area contributed by atoms with Crippen LogP contribution in [0.1, 0.15) is 19.4 Å². The number of nitrogens with one attached hydrogen (secondary N) is 2. The van der Waals surface area contributed by atoms with Gasteiger partial charge in [0.2, 0.25) is 0 Å². The Labute approximate surface area is 158 Å². The minimum absolute atomic E-state index is 0.311. The summed E-state index contributed by atoms with van der Waals surface area (Å²) in [6.07, 6.45) is 0. The molecule has 0 unspecified atom stereocenters. The molecule has 4 N–H and O–H groups in total. The molecule has 0 heterocycles. The second-order valence-corrected chi connectivity index (χ2v) is 6.22. The van der Waals surface area contributed by atoms with Crippen LogP contribution in [0.5, 0.6) is 0 Å². The van der Waals surface area contributed by atoms with Gasteiger partial charge in [-0.3, -0.25) is 9.59 Å². The predicted molar refractivity (Wildman–Crippen MR) is 108 cm³/mol. The Morgan fingerprint density at radius 2 is 1.69 bits per heavy atom. The van der Waals surface area contributed by atoms with Crippen molar-refractivity contribution in [3.05, 3.63) is 47.0 Å². The lowest BCUT2D eigenvalue weighted by molar-refractivity contribution is -0.133. The molecule has 0 aliphatic heterocycles. The molecule has 0 aliphatic rings. The summed E-state index contributed by atoms with van der Waals surface area (Å²) in [5, 5.41) is 5.44. The smallest absolute Gasteiger partial charge is 0.314 e. The van der Waals surface area contributed by atoms with Crippen molar-refractivity contribution >= 4 is 46.2 Å². The van der Waals surface area contributed by atoms with E-state index in [1.165, 1.54) is 6.07 Å². The van der Waals surface area contributed by atoms with Gasteiger partial charge in [-0.1, -0.05) is 11.6 Å². The fourth-order valence-electron chi connectivity index (χ4n) is 2.55. The number of carbonyl (C=O) groups excluding carboxylic acids is 2. The molecule has 0 bridgehead atoms.